The zero-order valence-corrected chi connectivity index (χ0v) is 10.4. The van der Waals surface area contributed by atoms with Crippen LogP contribution in [0.25, 0.3) is 0 Å². The maximum atomic E-state index is 5.53. The lowest BCUT2D eigenvalue weighted by Crippen LogP contribution is -2.26. The number of anilines is 1. The van der Waals surface area contributed by atoms with E-state index in [9.17, 15) is 0 Å². The first-order valence-electron chi connectivity index (χ1n) is 6.11. The standard InChI is InChI=1S/C12H21N3O/c1-9(2)13-7-11-8-16-12(14-11)15-6-4-5-10(15)3/h8-10,13H,4-7H2,1-3H3. The van der Waals surface area contributed by atoms with E-state index in [1.165, 1.54) is 12.8 Å². The van der Waals surface area contributed by atoms with Gasteiger partial charge in [-0.25, -0.2) is 0 Å². The number of hydrogen-bond donors (Lipinski definition) is 1. The van der Waals surface area contributed by atoms with Gasteiger partial charge < -0.3 is 14.6 Å². The highest BCUT2D eigenvalue weighted by atomic mass is 16.4. The van der Waals surface area contributed by atoms with Crippen molar-refractivity contribution in [3.8, 4) is 0 Å². The van der Waals surface area contributed by atoms with E-state index < -0.39 is 0 Å². The van der Waals surface area contributed by atoms with E-state index in [1.807, 2.05) is 0 Å². The minimum Gasteiger partial charge on any atom is -0.432 e. The van der Waals surface area contributed by atoms with Gasteiger partial charge in [0.2, 0.25) is 0 Å². The Bertz CT molecular complexity index is 335. The Morgan fingerprint density at radius 3 is 3.06 bits per heavy atom. The molecule has 90 valence electrons. The molecule has 1 saturated heterocycles. The van der Waals surface area contributed by atoms with Gasteiger partial charge in [0.1, 0.15) is 6.26 Å². The normalized spacial score (nSPS) is 21.0. The molecular formula is C12H21N3O. The highest BCUT2D eigenvalue weighted by molar-refractivity contribution is 5.30. The largest absolute Gasteiger partial charge is 0.432 e. The molecule has 1 aromatic heterocycles. The van der Waals surface area contributed by atoms with Crippen molar-refractivity contribution in [3.63, 3.8) is 0 Å². The van der Waals surface area contributed by atoms with Gasteiger partial charge in [-0.1, -0.05) is 13.8 Å². The summed E-state index contributed by atoms with van der Waals surface area (Å²) in [4.78, 5) is 6.76. The minimum absolute atomic E-state index is 0.478. The van der Waals surface area contributed by atoms with Crippen LogP contribution in [0.3, 0.4) is 0 Å². The number of hydrogen-bond acceptors (Lipinski definition) is 4. The van der Waals surface area contributed by atoms with Crippen LogP contribution >= 0.6 is 0 Å². The molecule has 1 fully saturated rings. The molecule has 1 aliphatic heterocycles. The Morgan fingerprint density at radius 2 is 2.44 bits per heavy atom. The van der Waals surface area contributed by atoms with Crippen LogP contribution < -0.4 is 10.2 Å². The Balaban J connectivity index is 1.96. The van der Waals surface area contributed by atoms with Gasteiger partial charge in [0.15, 0.2) is 0 Å². The maximum absolute atomic E-state index is 5.53. The molecule has 1 unspecified atom stereocenters. The second kappa shape index (κ2) is 4.87. The molecule has 1 aromatic rings. The van der Waals surface area contributed by atoms with E-state index in [1.54, 1.807) is 6.26 Å². The van der Waals surface area contributed by atoms with E-state index in [-0.39, 0.29) is 0 Å². The second-order valence-corrected chi connectivity index (χ2v) is 4.84. The molecule has 1 aliphatic rings. The third-order valence-electron chi connectivity index (χ3n) is 3.03. The van der Waals surface area contributed by atoms with Crippen molar-refractivity contribution in [2.24, 2.45) is 0 Å². The van der Waals surface area contributed by atoms with Gasteiger partial charge in [-0.15, -0.1) is 0 Å². The van der Waals surface area contributed by atoms with Crippen molar-refractivity contribution < 1.29 is 4.42 Å². The van der Waals surface area contributed by atoms with Gasteiger partial charge in [0.05, 0.1) is 5.69 Å². The van der Waals surface area contributed by atoms with E-state index in [4.69, 9.17) is 4.42 Å². The van der Waals surface area contributed by atoms with Crippen LogP contribution in [0.15, 0.2) is 10.7 Å². The van der Waals surface area contributed by atoms with Crippen LogP contribution in [-0.4, -0.2) is 23.6 Å². The van der Waals surface area contributed by atoms with E-state index >= 15 is 0 Å². The first-order valence-corrected chi connectivity index (χ1v) is 6.11. The van der Waals surface area contributed by atoms with Crippen molar-refractivity contribution in [1.29, 1.82) is 0 Å². The van der Waals surface area contributed by atoms with Crippen molar-refractivity contribution >= 4 is 6.01 Å². The predicted octanol–water partition coefficient (Wildman–Crippen LogP) is 2.16. The molecule has 0 radical (unpaired) electrons. The summed E-state index contributed by atoms with van der Waals surface area (Å²) in [6, 6.07) is 1.82. The molecule has 0 saturated carbocycles. The fourth-order valence-corrected chi connectivity index (χ4v) is 2.04. The summed E-state index contributed by atoms with van der Waals surface area (Å²) in [5, 5.41) is 3.34. The second-order valence-electron chi connectivity index (χ2n) is 4.84. The molecule has 0 aliphatic carbocycles. The first-order chi connectivity index (χ1) is 7.66. The van der Waals surface area contributed by atoms with Crippen molar-refractivity contribution in [2.75, 3.05) is 11.4 Å². The Kier molecular flexibility index (Phi) is 3.49. The van der Waals surface area contributed by atoms with E-state index in [0.717, 1.165) is 24.8 Å². The van der Waals surface area contributed by atoms with Crippen LogP contribution in [0, 0.1) is 0 Å². The summed E-state index contributed by atoms with van der Waals surface area (Å²) in [6.07, 6.45) is 4.24. The molecule has 0 spiro atoms. The minimum atomic E-state index is 0.478. The highest BCUT2D eigenvalue weighted by Crippen LogP contribution is 2.24. The molecule has 0 aromatic carbocycles. The van der Waals surface area contributed by atoms with Crippen molar-refractivity contribution in [1.82, 2.24) is 10.3 Å². The molecule has 1 N–H and O–H groups in total. The Labute approximate surface area is 97.0 Å². The first kappa shape index (κ1) is 11.5. The highest BCUT2D eigenvalue weighted by Gasteiger charge is 2.24. The lowest BCUT2D eigenvalue weighted by atomic mass is 10.2. The molecular weight excluding hydrogens is 202 g/mol. The van der Waals surface area contributed by atoms with Crippen LogP contribution in [0.4, 0.5) is 6.01 Å². The summed E-state index contributed by atoms with van der Waals surface area (Å²) in [7, 11) is 0. The van der Waals surface area contributed by atoms with Gasteiger partial charge in [-0.05, 0) is 19.8 Å². The van der Waals surface area contributed by atoms with Gasteiger partial charge in [0, 0.05) is 25.2 Å². The number of nitrogens with zero attached hydrogens (tertiary/aromatic N) is 2. The number of oxazole rings is 1. The quantitative estimate of drug-likeness (QED) is 0.849. The van der Waals surface area contributed by atoms with Gasteiger partial charge in [-0.2, -0.15) is 4.98 Å². The topological polar surface area (TPSA) is 41.3 Å². The van der Waals surface area contributed by atoms with Crippen LogP contribution in [0.5, 0.6) is 0 Å². The summed E-state index contributed by atoms with van der Waals surface area (Å²) < 4.78 is 5.53. The molecule has 0 amide bonds. The number of nitrogens with one attached hydrogen (secondary N) is 1. The van der Waals surface area contributed by atoms with Crippen LogP contribution in [0.2, 0.25) is 0 Å². The average molecular weight is 223 g/mol. The van der Waals surface area contributed by atoms with Crippen LogP contribution in [-0.2, 0) is 6.54 Å². The monoisotopic (exact) mass is 223 g/mol. The third kappa shape index (κ3) is 2.55. The maximum Gasteiger partial charge on any atom is 0.297 e. The molecule has 4 heteroatoms. The Morgan fingerprint density at radius 1 is 1.62 bits per heavy atom. The SMILES string of the molecule is CC(C)NCc1coc(N2CCCC2C)n1. The molecule has 4 nitrogen and oxygen atoms in total. The zero-order chi connectivity index (χ0) is 11.5. The lowest BCUT2D eigenvalue weighted by molar-refractivity contribution is 0.527. The van der Waals surface area contributed by atoms with Gasteiger partial charge in [-0.3, -0.25) is 0 Å². The summed E-state index contributed by atoms with van der Waals surface area (Å²) in [5.41, 5.74) is 0.989. The summed E-state index contributed by atoms with van der Waals surface area (Å²) >= 11 is 0. The van der Waals surface area contributed by atoms with E-state index in [2.05, 4.69) is 36.0 Å². The van der Waals surface area contributed by atoms with Gasteiger partial charge >= 0.3 is 0 Å². The molecule has 2 rings (SSSR count). The smallest absolute Gasteiger partial charge is 0.297 e. The number of rotatable bonds is 4. The summed E-state index contributed by atoms with van der Waals surface area (Å²) in [5.74, 6) is 0. The fourth-order valence-electron chi connectivity index (χ4n) is 2.04. The third-order valence-corrected chi connectivity index (χ3v) is 3.03. The van der Waals surface area contributed by atoms with Gasteiger partial charge in [0.25, 0.3) is 6.01 Å². The van der Waals surface area contributed by atoms with Crippen LogP contribution in [0.1, 0.15) is 39.3 Å². The van der Waals surface area contributed by atoms with Crippen molar-refractivity contribution in [2.45, 2.75) is 52.2 Å². The molecule has 1 atom stereocenters. The molecule has 16 heavy (non-hydrogen) atoms. The molecule has 0 bridgehead atoms. The Hall–Kier alpha value is -1.03. The number of aromatic nitrogens is 1. The van der Waals surface area contributed by atoms with E-state index in [0.29, 0.717) is 12.1 Å². The summed E-state index contributed by atoms with van der Waals surface area (Å²) in [6.45, 7) is 8.33. The fraction of sp³-hybridized carbons (Fsp3) is 0.750. The molecule has 2 heterocycles. The predicted molar refractivity (Wildman–Crippen MR) is 64.5 cm³/mol. The lowest BCUT2D eigenvalue weighted by Gasteiger charge is -2.18. The van der Waals surface area contributed by atoms with Crippen molar-refractivity contribution in [3.05, 3.63) is 12.0 Å². The average Bonchev–Trinajstić information content (AvgIpc) is 2.83. The zero-order valence-electron chi connectivity index (χ0n) is 10.4.